The van der Waals surface area contributed by atoms with Gasteiger partial charge in [0.1, 0.15) is 0 Å². The van der Waals surface area contributed by atoms with E-state index in [1.165, 1.54) is 16.7 Å². The molecule has 0 radical (unpaired) electrons. The van der Waals surface area contributed by atoms with Crippen LogP contribution in [0.1, 0.15) is 27.8 Å². The molecule has 1 aliphatic rings. The van der Waals surface area contributed by atoms with Crippen molar-refractivity contribution < 1.29 is 0 Å². The van der Waals surface area contributed by atoms with Gasteiger partial charge in [0.05, 0.1) is 28.4 Å². The van der Waals surface area contributed by atoms with E-state index >= 15 is 0 Å². The Labute approximate surface area is 332 Å². The fraction of sp³-hybridized carbons (Fsp3) is 0.0185. The quantitative estimate of drug-likeness (QED) is 0.164. The van der Waals surface area contributed by atoms with Gasteiger partial charge in [-0.05, 0) is 86.0 Å². The molecule has 0 bridgehead atoms. The maximum Gasteiger partial charge on any atom is 0.160 e. The van der Waals surface area contributed by atoms with Crippen molar-refractivity contribution in [2.75, 3.05) is 0 Å². The standard InChI is InChI=1S/C54H35N3/c55-36-37-24-30-47-48-31-29-43(34-50(48)54(49(47)32-37,45-20-9-3-10-21-45)46-22-11-4-12-23-46)42-18-13-19-44(33-42)52-35-51(56-53(57-52)41-16-7-2-8-17-41)40-27-25-39(26-28-40)38-14-5-1-6-15-38/h1-35H. The molecule has 3 heteroatoms. The second-order valence-electron chi connectivity index (χ2n) is 14.5. The fourth-order valence-electron chi connectivity index (χ4n) is 8.52. The molecule has 0 aliphatic heterocycles. The molecule has 57 heavy (non-hydrogen) atoms. The molecule has 0 fully saturated rings. The molecule has 1 aliphatic carbocycles. The minimum absolute atomic E-state index is 0.615. The van der Waals surface area contributed by atoms with E-state index in [-0.39, 0.29) is 0 Å². The summed E-state index contributed by atoms with van der Waals surface area (Å²) in [6, 6.07) is 76.8. The first-order chi connectivity index (χ1) is 28.2. The Morgan fingerprint density at radius 3 is 1.44 bits per heavy atom. The topological polar surface area (TPSA) is 49.6 Å². The summed E-state index contributed by atoms with van der Waals surface area (Å²) < 4.78 is 0. The Kier molecular flexibility index (Phi) is 8.43. The van der Waals surface area contributed by atoms with Crippen LogP contribution in [0.5, 0.6) is 0 Å². The van der Waals surface area contributed by atoms with Crippen LogP contribution < -0.4 is 0 Å². The fourth-order valence-corrected chi connectivity index (χ4v) is 8.52. The summed E-state index contributed by atoms with van der Waals surface area (Å²) in [7, 11) is 0. The molecule has 0 amide bonds. The molecule has 8 aromatic carbocycles. The first-order valence-corrected chi connectivity index (χ1v) is 19.2. The Bertz CT molecular complexity index is 2890. The predicted octanol–water partition coefficient (Wildman–Crippen LogP) is 13.0. The highest BCUT2D eigenvalue weighted by Gasteiger charge is 2.46. The molecule has 10 rings (SSSR count). The van der Waals surface area contributed by atoms with Crippen LogP contribution in [0.2, 0.25) is 0 Å². The number of nitrogens with zero attached hydrogens (tertiary/aromatic N) is 3. The Hall–Kier alpha value is -7.67. The minimum atomic E-state index is -0.615. The Morgan fingerprint density at radius 1 is 0.351 bits per heavy atom. The number of rotatable bonds is 7. The second kappa shape index (κ2) is 14.2. The third-order valence-electron chi connectivity index (χ3n) is 11.2. The summed E-state index contributed by atoms with van der Waals surface area (Å²) >= 11 is 0. The van der Waals surface area contributed by atoms with Crippen molar-refractivity contribution in [2.45, 2.75) is 5.41 Å². The van der Waals surface area contributed by atoms with Crippen molar-refractivity contribution in [3.05, 3.63) is 240 Å². The van der Waals surface area contributed by atoms with E-state index < -0.39 is 5.41 Å². The third kappa shape index (κ3) is 5.92. The van der Waals surface area contributed by atoms with Crippen LogP contribution in [0.25, 0.3) is 67.3 Å². The van der Waals surface area contributed by atoms with Crippen LogP contribution >= 0.6 is 0 Å². The lowest BCUT2D eigenvalue weighted by Gasteiger charge is -2.34. The van der Waals surface area contributed by atoms with Crippen LogP contribution in [0.4, 0.5) is 0 Å². The van der Waals surface area contributed by atoms with Crippen LogP contribution in [0, 0.1) is 11.3 Å². The SMILES string of the molecule is N#Cc1ccc2c(c1)C(c1ccccc1)(c1ccccc1)c1cc(-c3cccc(-c4cc(-c5ccc(-c6ccccc6)cc5)nc(-c5ccccc5)n4)c3)ccc1-2. The van der Waals surface area contributed by atoms with Crippen molar-refractivity contribution in [1.82, 2.24) is 9.97 Å². The smallest absolute Gasteiger partial charge is 0.160 e. The van der Waals surface area contributed by atoms with Crippen LogP contribution in [0.15, 0.2) is 212 Å². The van der Waals surface area contributed by atoms with Crippen molar-refractivity contribution in [3.63, 3.8) is 0 Å². The lowest BCUT2D eigenvalue weighted by atomic mass is 9.67. The first-order valence-electron chi connectivity index (χ1n) is 19.2. The van der Waals surface area contributed by atoms with Gasteiger partial charge >= 0.3 is 0 Å². The summed E-state index contributed by atoms with van der Waals surface area (Å²) in [5.74, 6) is 0.683. The molecule has 9 aromatic rings. The lowest BCUT2D eigenvalue weighted by molar-refractivity contribution is 0.768. The second-order valence-corrected chi connectivity index (χ2v) is 14.5. The van der Waals surface area contributed by atoms with E-state index in [1.807, 2.05) is 30.3 Å². The van der Waals surface area contributed by atoms with E-state index in [2.05, 4.69) is 188 Å². The molecule has 3 nitrogen and oxygen atoms in total. The normalized spacial score (nSPS) is 12.3. The van der Waals surface area contributed by atoms with E-state index in [4.69, 9.17) is 9.97 Å². The number of nitriles is 1. The summed E-state index contributed by atoms with van der Waals surface area (Å²) in [6.45, 7) is 0. The molecular formula is C54H35N3. The van der Waals surface area contributed by atoms with Crippen LogP contribution in [0.3, 0.4) is 0 Å². The number of benzene rings is 8. The predicted molar refractivity (Wildman–Crippen MR) is 231 cm³/mol. The van der Waals surface area contributed by atoms with Gasteiger partial charge in [-0.2, -0.15) is 5.26 Å². The number of hydrogen-bond acceptors (Lipinski definition) is 3. The van der Waals surface area contributed by atoms with E-state index in [9.17, 15) is 5.26 Å². The molecule has 0 saturated carbocycles. The van der Waals surface area contributed by atoms with Crippen molar-refractivity contribution in [3.8, 4) is 73.4 Å². The summed E-state index contributed by atoms with van der Waals surface area (Å²) in [6.07, 6.45) is 0. The molecule has 0 atom stereocenters. The molecule has 0 unspecified atom stereocenters. The highest BCUT2D eigenvalue weighted by Crippen LogP contribution is 2.57. The highest BCUT2D eigenvalue weighted by atomic mass is 14.9. The Morgan fingerprint density at radius 2 is 0.807 bits per heavy atom. The lowest BCUT2D eigenvalue weighted by Crippen LogP contribution is -2.28. The molecule has 0 spiro atoms. The van der Waals surface area contributed by atoms with Crippen molar-refractivity contribution >= 4 is 0 Å². The van der Waals surface area contributed by atoms with Gasteiger partial charge in [0.2, 0.25) is 0 Å². The zero-order valence-corrected chi connectivity index (χ0v) is 31.0. The molecule has 266 valence electrons. The largest absolute Gasteiger partial charge is 0.228 e. The molecular weight excluding hydrogens is 691 g/mol. The van der Waals surface area contributed by atoms with Crippen LogP contribution in [-0.4, -0.2) is 9.97 Å². The van der Waals surface area contributed by atoms with E-state index in [0.717, 1.165) is 67.0 Å². The van der Waals surface area contributed by atoms with E-state index in [0.29, 0.717) is 11.4 Å². The van der Waals surface area contributed by atoms with Gasteiger partial charge in [-0.3, -0.25) is 0 Å². The van der Waals surface area contributed by atoms with Gasteiger partial charge in [-0.1, -0.05) is 182 Å². The summed E-state index contributed by atoms with van der Waals surface area (Å²) in [5.41, 5.74) is 16.3. The molecule has 1 aromatic heterocycles. The maximum atomic E-state index is 10.1. The summed E-state index contributed by atoms with van der Waals surface area (Å²) in [4.78, 5) is 10.3. The zero-order chi connectivity index (χ0) is 38.2. The van der Waals surface area contributed by atoms with Gasteiger partial charge in [0.25, 0.3) is 0 Å². The average molecular weight is 726 g/mol. The maximum absolute atomic E-state index is 10.1. The molecule has 0 saturated heterocycles. The highest BCUT2D eigenvalue weighted by molar-refractivity contribution is 5.89. The third-order valence-corrected chi connectivity index (χ3v) is 11.2. The van der Waals surface area contributed by atoms with Crippen LogP contribution in [-0.2, 0) is 5.41 Å². The number of fused-ring (bicyclic) bond motifs is 3. The molecule has 1 heterocycles. The van der Waals surface area contributed by atoms with Gasteiger partial charge in [-0.25, -0.2) is 9.97 Å². The van der Waals surface area contributed by atoms with Crippen molar-refractivity contribution in [1.29, 1.82) is 5.26 Å². The van der Waals surface area contributed by atoms with Gasteiger partial charge in [0.15, 0.2) is 5.82 Å². The van der Waals surface area contributed by atoms with E-state index in [1.54, 1.807) is 0 Å². The zero-order valence-electron chi connectivity index (χ0n) is 31.0. The first kappa shape index (κ1) is 33.9. The monoisotopic (exact) mass is 725 g/mol. The number of hydrogen-bond donors (Lipinski definition) is 0. The van der Waals surface area contributed by atoms with Gasteiger partial charge < -0.3 is 0 Å². The molecule has 0 N–H and O–H groups in total. The Balaban J connectivity index is 1.12. The van der Waals surface area contributed by atoms with Gasteiger partial charge in [-0.15, -0.1) is 0 Å². The average Bonchev–Trinajstić information content (AvgIpc) is 3.59. The van der Waals surface area contributed by atoms with Crippen molar-refractivity contribution in [2.24, 2.45) is 0 Å². The summed E-state index contributed by atoms with van der Waals surface area (Å²) in [5, 5.41) is 10.1. The minimum Gasteiger partial charge on any atom is -0.228 e. The number of aromatic nitrogens is 2. The van der Waals surface area contributed by atoms with Gasteiger partial charge in [0, 0.05) is 16.7 Å².